The number of hydrogen-bond acceptors (Lipinski definition) is 3. The molecule has 0 amide bonds. The molecule has 0 bridgehead atoms. The van der Waals surface area contributed by atoms with Crippen LogP contribution in [-0.4, -0.2) is 43.8 Å². The van der Waals surface area contributed by atoms with E-state index in [0.29, 0.717) is 13.1 Å². The molecule has 0 saturated carbocycles. The zero-order valence-electron chi connectivity index (χ0n) is 16.7. The van der Waals surface area contributed by atoms with Crippen molar-refractivity contribution in [1.82, 2.24) is 9.21 Å². The fraction of sp³-hybridized carbons (Fsp3) is 0.478. The molecule has 0 radical (unpaired) electrons. The molecule has 0 aliphatic carbocycles. The Balaban J connectivity index is 1.54. The van der Waals surface area contributed by atoms with Gasteiger partial charge in [0.2, 0.25) is 10.0 Å². The second-order valence-electron chi connectivity index (χ2n) is 8.17. The fourth-order valence-electron chi connectivity index (χ4n) is 4.88. The SMILES string of the molecule is Cc1ccccc1CS(=O)(=O)N1CCC(c2ccccc2)(N2CCCC2)CC1. The van der Waals surface area contributed by atoms with Crippen molar-refractivity contribution in [3.63, 3.8) is 0 Å². The molecular formula is C23H30N2O2S. The molecule has 0 atom stereocenters. The van der Waals surface area contributed by atoms with Crippen LogP contribution in [0.4, 0.5) is 0 Å². The van der Waals surface area contributed by atoms with E-state index < -0.39 is 10.0 Å². The van der Waals surface area contributed by atoms with Crippen molar-refractivity contribution in [1.29, 1.82) is 0 Å². The molecule has 0 unspecified atom stereocenters. The molecule has 2 aliphatic heterocycles. The molecule has 28 heavy (non-hydrogen) atoms. The van der Waals surface area contributed by atoms with Gasteiger partial charge in [-0.05, 0) is 62.4 Å². The van der Waals surface area contributed by atoms with Crippen LogP contribution >= 0.6 is 0 Å². The van der Waals surface area contributed by atoms with Crippen molar-refractivity contribution in [2.75, 3.05) is 26.2 Å². The highest BCUT2D eigenvalue weighted by Crippen LogP contribution is 2.41. The van der Waals surface area contributed by atoms with Crippen LogP contribution in [-0.2, 0) is 21.3 Å². The first-order valence-electron chi connectivity index (χ1n) is 10.3. The molecular weight excluding hydrogens is 368 g/mol. The minimum absolute atomic E-state index is 0.0214. The van der Waals surface area contributed by atoms with Crippen LogP contribution < -0.4 is 0 Å². The molecule has 0 spiro atoms. The van der Waals surface area contributed by atoms with E-state index in [1.807, 2.05) is 31.2 Å². The van der Waals surface area contributed by atoms with Gasteiger partial charge >= 0.3 is 0 Å². The van der Waals surface area contributed by atoms with Crippen molar-refractivity contribution >= 4 is 10.0 Å². The standard InChI is InChI=1S/C23H30N2O2S/c1-20-9-5-6-10-21(20)19-28(26,27)25-17-13-23(14-18-25,24-15-7-8-16-24)22-11-3-2-4-12-22/h2-6,9-12H,7-8,13-19H2,1H3. The summed E-state index contributed by atoms with van der Waals surface area (Å²) >= 11 is 0. The lowest BCUT2D eigenvalue weighted by Crippen LogP contribution is -2.53. The topological polar surface area (TPSA) is 40.6 Å². The Morgan fingerprint density at radius 3 is 2.11 bits per heavy atom. The molecule has 0 N–H and O–H groups in total. The molecule has 2 saturated heterocycles. The van der Waals surface area contributed by atoms with Crippen LogP contribution in [0.1, 0.15) is 42.4 Å². The molecule has 2 aromatic carbocycles. The summed E-state index contributed by atoms with van der Waals surface area (Å²) in [5.74, 6) is 0.0989. The van der Waals surface area contributed by atoms with Crippen molar-refractivity contribution in [2.45, 2.75) is 43.9 Å². The summed E-state index contributed by atoms with van der Waals surface area (Å²) in [7, 11) is -3.30. The molecule has 0 aromatic heterocycles. The van der Waals surface area contributed by atoms with Crippen molar-refractivity contribution in [3.8, 4) is 0 Å². The molecule has 4 nitrogen and oxygen atoms in total. The van der Waals surface area contributed by atoms with Gasteiger partial charge in [0.25, 0.3) is 0 Å². The average Bonchev–Trinajstić information content (AvgIpc) is 3.26. The number of aryl methyl sites for hydroxylation is 1. The zero-order valence-corrected chi connectivity index (χ0v) is 17.5. The normalized spacial score (nSPS) is 21.0. The van der Waals surface area contributed by atoms with Gasteiger partial charge in [0, 0.05) is 18.6 Å². The minimum Gasteiger partial charge on any atom is -0.293 e. The van der Waals surface area contributed by atoms with Crippen LogP contribution in [0.3, 0.4) is 0 Å². The highest BCUT2D eigenvalue weighted by atomic mass is 32.2. The number of benzene rings is 2. The van der Waals surface area contributed by atoms with Gasteiger partial charge in [-0.3, -0.25) is 4.90 Å². The molecule has 5 heteroatoms. The lowest BCUT2D eigenvalue weighted by molar-refractivity contribution is 0.0572. The summed E-state index contributed by atoms with van der Waals surface area (Å²) in [6, 6.07) is 18.5. The Morgan fingerprint density at radius 1 is 0.857 bits per heavy atom. The van der Waals surface area contributed by atoms with E-state index in [0.717, 1.165) is 37.1 Å². The third-order valence-corrected chi connectivity index (χ3v) is 8.39. The van der Waals surface area contributed by atoms with Crippen LogP contribution in [0.15, 0.2) is 54.6 Å². The second kappa shape index (κ2) is 7.97. The largest absolute Gasteiger partial charge is 0.293 e. The first-order valence-corrected chi connectivity index (χ1v) is 12.0. The smallest absolute Gasteiger partial charge is 0.218 e. The van der Waals surface area contributed by atoms with E-state index in [1.54, 1.807) is 4.31 Å². The molecule has 4 rings (SSSR count). The van der Waals surface area contributed by atoms with Gasteiger partial charge in [0.1, 0.15) is 0 Å². The van der Waals surface area contributed by atoms with E-state index in [2.05, 4.69) is 35.2 Å². The maximum atomic E-state index is 13.1. The number of nitrogens with zero attached hydrogens (tertiary/aromatic N) is 2. The maximum absolute atomic E-state index is 13.1. The second-order valence-corrected chi connectivity index (χ2v) is 10.1. The maximum Gasteiger partial charge on any atom is 0.218 e. The van der Waals surface area contributed by atoms with Crippen molar-refractivity contribution in [3.05, 3.63) is 71.3 Å². The Morgan fingerprint density at radius 2 is 1.46 bits per heavy atom. The summed E-state index contributed by atoms with van der Waals surface area (Å²) in [5.41, 5.74) is 3.26. The lowest BCUT2D eigenvalue weighted by Gasteiger charge is -2.47. The molecule has 2 aliphatic rings. The first-order chi connectivity index (χ1) is 13.5. The van der Waals surface area contributed by atoms with Crippen molar-refractivity contribution in [2.24, 2.45) is 0 Å². The summed E-state index contributed by atoms with van der Waals surface area (Å²) in [6.45, 7) is 5.41. The highest BCUT2D eigenvalue weighted by Gasteiger charge is 2.44. The number of likely N-dealkylation sites (tertiary alicyclic amines) is 1. The minimum atomic E-state index is -3.30. The van der Waals surface area contributed by atoms with Gasteiger partial charge in [0.15, 0.2) is 0 Å². The summed E-state index contributed by atoms with van der Waals surface area (Å²) in [4.78, 5) is 2.60. The van der Waals surface area contributed by atoms with Crippen LogP contribution in [0.5, 0.6) is 0 Å². The van der Waals surface area contributed by atoms with Gasteiger partial charge in [0.05, 0.1) is 5.75 Å². The van der Waals surface area contributed by atoms with Gasteiger partial charge in [-0.25, -0.2) is 12.7 Å². The first kappa shape index (κ1) is 19.6. The van der Waals surface area contributed by atoms with Gasteiger partial charge in [-0.2, -0.15) is 0 Å². The molecule has 2 aromatic rings. The Kier molecular flexibility index (Phi) is 5.59. The predicted molar refractivity (Wildman–Crippen MR) is 114 cm³/mol. The number of piperidine rings is 1. The van der Waals surface area contributed by atoms with Gasteiger partial charge in [-0.15, -0.1) is 0 Å². The number of rotatable bonds is 5. The lowest BCUT2D eigenvalue weighted by atomic mass is 9.80. The van der Waals surface area contributed by atoms with Crippen LogP contribution in [0, 0.1) is 6.92 Å². The number of sulfonamides is 1. The fourth-order valence-corrected chi connectivity index (χ4v) is 6.51. The van der Waals surface area contributed by atoms with E-state index in [9.17, 15) is 8.42 Å². The van der Waals surface area contributed by atoms with Gasteiger partial charge in [-0.1, -0.05) is 54.6 Å². The Bertz CT molecular complexity index is 897. The van der Waals surface area contributed by atoms with E-state index in [-0.39, 0.29) is 11.3 Å². The third-order valence-electron chi connectivity index (χ3n) is 6.56. The summed E-state index contributed by atoms with van der Waals surface area (Å²) in [5, 5.41) is 0. The quantitative estimate of drug-likeness (QED) is 0.767. The molecule has 2 heterocycles. The monoisotopic (exact) mass is 398 g/mol. The third kappa shape index (κ3) is 3.76. The summed E-state index contributed by atoms with van der Waals surface area (Å²) in [6.07, 6.45) is 4.21. The average molecular weight is 399 g/mol. The number of hydrogen-bond donors (Lipinski definition) is 0. The van der Waals surface area contributed by atoms with Gasteiger partial charge < -0.3 is 0 Å². The molecule has 2 fully saturated rings. The highest BCUT2D eigenvalue weighted by molar-refractivity contribution is 7.88. The van der Waals surface area contributed by atoms with Crippen LogP contribution in [0.25, 0.3) is 0 Å². The summed E-state index contributed by atoms with van der Waals surface area (Å²) < 4.78 is 27.9. The van der Waals surface area contributed by atoms with E-state index in [1.165, 1.54) is 18.4 Å². The zero-order chi connectivity index (χ0) is 19.6. The predicted octanol–water partition coefficient (Wildman–Crippen LogP) is 3.91. The Labute approximate surface area is 169 Å². The molecule has 150 valence electrons. The van der Waals surface area contributed by atoms with E-state index in [4.69, 9.17) is 0 Å². The Hall–Kier alpha value is -1.69. The van der Waals surface area contributed by atoms with E-state index >= 15 is 0 Å². The van der Waals surface area contributed by atoms with Crippen molar-refractivity contribution < 1.29 is 8.42 Å². The van der Waals surface area contributed by atoms with Crippen LogP contribution in [0.2, 0.25) is 0 Å².